The molecule has 0 amide bonds. The molecule has 5 heteroatoms. The van der Waals surface area contributed by atoms with Crippen molar-refractivity contribution in [3.05, 3.63) is 16.4 Å². The number of hydrogen-bond donors (Lipinski definition) is 0. The number of rotatable bonds is 4. The molecule has 1 unspecified atom stereocenters. The molecule has 1 aromatic heterocycles. The number of aromatic nitrogens is 2. The van der Waals surface area contributed by atoms with Crippen LogP contribution in [0.3, 0.4) is 0 Å². The first-order valence-electron chi connectivity index (χ1n) is 5.22. The van der Waals surface area contributed by atoms with E-state index in [-0.39, 0.29) is 6.04 Å². The highest BCUT2D eigenvalue weighted by molar-refractivity contribution is 6.31. The Morgan fingerprint density at radius 1 is 1.62 bits per heavy atom. The monoisotopic (exact) mass is 240 g/mol. The normalized spacial score (nSPS) is 12.8. The van der Waals surface area contributed by atoms with E-state index in [4.69, 9.17) is 16.9 Å². The molecule has 1 rings (SSSR count). The van der Waals surface area contributed by atoms with Crippen LogP contribution >= 0.6 is 11.6 Å². The zero-order valence-electron chi connectivity index (χ0n) is 10.2. The molecule has 0 aliphatic heterocycles. The molecule has 0 aliphatic rings. The van der Waals surface area contributed by atoms with Gasteiger partial charge in [-0.1, -0.05) is 11.6 Å². The Morgan fingerprint density at radius 2 is 2.25 bits per heavy atom. The van der Waals surface area contributed by atoms with Gasteiger partial charge >= 0.3 is 0 Å². The van der Waals surface area contributed by atoms with Gasteiger partial charge in [-0.2, -0.15) is 10.4 Å². The zero-order valence-corrected chi connectivity index (χ0v) is 10.9. The number of halogens is 1. The van der Waals surface area contributed by atoms with E-state index in [9.17, 15) is 0 Å². The van der Waals surface area contributed by atoms with E-state index in [1.807, 2.05) is 27.9 Å². The number of nitrogens with zero attached hydrogens (tertiary/aromatic N) is 4. The Bertz CT molecular complexity index is 405. The molecule has 0 saturated carbocycles. The lowest BCUT2D eigenvalue weighted by molar-refractivity contribution is 0.246. The Hall–Kier alpha value is -1.05. The van der Waals surface area contributed by atoms with Crippen LogP contribution < -0.4 is 0 Å². The van der Waals surface area contributed by atoms with Crippen LogP contribution in [0.1, 0.15) is 24.7 Å². The second-order valence-corrected chi connectivity index (χ2v) is 4.47. The Kier molecular flexibility index (Phi) is 4.34. The first-order valence-corrected chi connectivity index (χ1v) is 5.60. The maximum absolute atomic E-state index is 8.64. The Balaban J connectivity index is 2.77. The third kappa shape index (κ3) is 2.75. The van der Waals surface area contributed by atoms with Gasteiger partial charge in [0.15, 0.2) is 0 Å². The second kappa shape index (κ2) is 5.33. The molecule has 0 saturated heterocycles. The van der Waals surface area contributed by atoms with E-state index in [2.05, 4.69) is 16.1 Å². The van der Waals surface area contributed by atoms with E-state index in [1.165, 1.54) is 0 Å². The maximum atomic E-state index is 8.64. The lowest BCUT2D eigenvalue weighted by atomic mass is 10.2. The molecule has 88 valence electrons. The summed E-state index contributed by atoms with van der Waals surface area (Å²) in [4.78, 5) is 2.10. The fourth-order valence-electron chi connectivity index (χ4n) is 1.53. The third-order valence-electron chi connectivity index (χ3n) is 2.80. The summed E-state index contributed by atoms with van der Waals surface area (Å²) in [5, 5.41) is 13.6. The predicted octanol–water partition coefficient (Wildman–Crippen LogP) is 2.12. The molecule has 1 atom stereocenters. The van der Waals surface area contributed by atoms with Crippen molar-refractivity contribution < 1.29 is 0 Å². The fourth-order valence-corrected chi connectivity index (χ4v) is 1.75. The van der Waals surface area contributed by atoms with Crippen LogP contribution in [0.15, 0.2) is 0 Å². The van der Waals surface area contributed by atoms with Crippen molar-refractivity contribution in [1.29, 1.82) is 5.26 Å². The second-order valence-electron chi connectivity index (χ2n) is 4.10. The van der Waals surface area contributed by atoms with Crippen molar-refractivity contribution in [2.75, 3.05) is 7.05 Å². The van der Waals surface area contributed by atoms with Gasteiger partial charge < -0.3 is 0 Å². The SMILES string of the molecule is Cc1nn(C)c(CN(C)C(C)CC#N)c1Cl. The van der Waals surface area contributed by atoms with Gasteiger partial charge in [-0.25, -0.2) is 0 Å². The zero-order chi connectivity index (χ0) is 12.3. The smallest absolute Gasteiger partial charge is 0.0860 e. The van der Waals surface area contributed by atoms with E-state index in [1.54, 1.807) is 4.68 Å². The minimum atomic E-state index is 0.219. The van der Waals surface area contributed by atoms with Crippen molar-refractivity contribution in [3.8, 4) is 6.07 Å². The maximum Gasteiger partial charge on any atom is 0.0860 e. The van der Waals surface area contributed by atoms with Crippen LogP contribution in [0.5, 0.6) is 0 Å². The molecule has 4 nitrogen and oxygen atoms in total. The van der Waals surface area contributed by atoms with E-state index in [0.717, 1.165) is 16.4 Å². The third-order valence-corrected chi connectivity index (χ3v) is 3.29. The highest BCUT2D eigenvalue weighted by Gasteiger charge is 2.15. The Morgan fingerprint density at radius 3 is 2.69 bits per heavy atom. The van der Waals surface area contributed by atoms with Crippen molar-refractivity contribution in [1.82, 2.24) is 14.7 Å². The summed E-state index contributed by atoms with van der Waals surface area (Å²) in [6.07, 6.45) is 0.519. The summed E-state index contributed by atoms with van der Waals surface area (Å²) >= 11 is 6.16. The minimum absolute atomic E-state index is 0.219. The quantitative estimate of drug-likeness (QED) is 0.810. The molecule has 0 fully saturated rings. The molecule has 0 aromatic carbocycles. The van der Waals surface area contributed by atoms with Crippen molar-refractivity contribution in [2.45, 2.75) is 32.9 Å². The molecule has 0 radical (unpaired) electrons. The molecule has 0 aliphatic carbocycles. The summed E-state index contributed by atoms with van der Waals surface area (Å²) in [7, 11) is 3.87. The van der Waals surface area contributed by atoms with E-state index in [0.29, 0.717) is 13.0 Å². The number of nitriles is 1. The minimum Gasteiger partial charge on any atom is -0.297 e. The van der Waals surface area contributed by atoms with Crippen molar-refractivity contribution in [3.63, 3.8) is 0 Å². The van der Waals surface area contributed by atoms with Crippen molar-refractivity contribution in [2.24, 2.45) is 7.05 Å². The van der Waals surface area contributed by atoms with Crippen LogP contribution in [0.2, 0.25) is 5.02 Å². The summed E-state index contributed by atoms with van der Waals surface area (Å²) in [5.74, 6) is 0. The standard InChI is InChI=1S/C11H17ClN4/c1-8(5-6-13)15(3)7-10-11(12)9(2)14-16(10)4/h8H,5,7H2,1-4H3. The van der Waals surface area contributed by atoms with Gasteiger partial charge in [0, 0.05) is 19.6 Å². The summed E-state index contributed by atoms with van der Waals surface area (Å²) in [6, 6.07) is 2.39. The first-order chi connectivity index (χ1) is 7.47. The van der Waals surface area contributed by atoms with Gasteiger partial charge in [0.05, 0.1) is 28.9 Å². The van der Waals surface area contributed by atoms with Crippen LogP contribution in [-0.4, -0.2) is 27.8 Å². The molecule has 0 bridgehead atoms. The van der Waals surface area contributed by atoms with Gasteiger partial charge in [0.1, 0.15) is 0 Å². The van der Waals surface area contributed by atoms with Crippen LogP contribution in [-0.2, 0) is 13.6 Å². The summed E-state index contributed by atoms with van der Waals surface area (Å²) in [6.45, 7) is 4.63. The highest BCUT2D eigenvalue weighted by Crippen LogP contribution is 2.21. The van der Waals surface area contributed by atoms with E-state index < -0.39 is 0 Å². The molecular formula is C11H17ClN4. The lowest BCUT2D eigenvalue weighted by Gasteiger charge is -2.22. The lowest BCUT2D eigenvalue weighted by Crippen LogP contribution is -2.29. The molecular weight excluding hydrogens is 224 g/mol. The number of aryl methyl sites for hydroxylation is 2. The first kappa shape index (κ1) is 13.0. The molecule has 16 heavy (non-hydrogen) atoms. The Labute approximate surface area is 101 Å². The van der Waals surface area contributed by atoms with Gasteiger partial charge in [-0.15, -0.1) is 0 Å². The number of hydrogen-bond acceptors (Lipinski definition) is 3. The fraction of sp³-hybridized carbons (Fsp3) is 0.636. The summed E-state index contributed by atoms with van der Waals surface area (Å²) < 4.78 is 1.80. The average molecular weight is 241 g/mol. The van der Waals surface area contributed by atoms with Gasteiger partial charge in [-0.3, -0.25) is 9.58 Å². The highest BCUT2D eigenvalue weighted by atomic mass is 35.5. The molecule has 0 spiro atoms. The molecule has 1 aromatic rings. The van der Waals surface area contributed by atoms with Crippen LogP contribution in [0.4, 0.5) is 0 Å². The topological polar surface area (TPSA) is 44.9 Å². The summed E-state index contributed by atoms with van der Waals surface area (Å²) in [5.41, 5.74) is 1.84. The molecule has 0 N–H and O–H groups in total. The average Bonchev–Trinajstić information content (AvgIpc) is 2.45. The van der Waals surface area contributed by atoms with Crippen molar-refractivity contribution >= 4 is 11.6 Å². The molecule has 1 heterocycles. The van der Waals surface area contributed by atoms with Gasteiger partial charge in [0.25, 0.3) is 0 Å². The van der Waals surface area contributed by atoms with Gasteiger partial charge in [-0.05, 0) is 20.9 Å². The van der Waals surface area contributed by atoms with Crippen LogP contribution in [0, 0.1) is 18.3 Å². The van der Waals surface area contributed by atoms with Crippen LogP contribution in [0.25, 0.3) is 0 Å². The largest absolute Gasteiger partial charge is 0.297 e. The predicted molar refractivity (Wildman–Crippen MR) is 64.1 cm³/mol. The van der Waals surface area contributed by atoms with E-state index >= 15 is 0 Å². The van der Waals surface area contributed by atoms with Gasteiger partial charge in [0.2, 0.25) is 0 Å².